The van der Waals surface area contributed by atoms with Crippen molar-refractivity contribution < 1.29 is 42.1 Å². The van der Waals surface area contributed by atoms with Crippen molar-refractivity contribution in [1.29, 1.82) is 0 Å². The number of carboxylic acids is 2. The van der Waals surface area contributed by atoms with Crippen molar-refractivity contribution >= 4 is 11.9 Å². The number of rotatable bonds is 3. The molecule has 18 heavy (non-hydrogen) atoms. The van der Waals surface area contributed by atoms with Crippen LogP contribution in [-0.4, -0.2) is 34.2 Å². The van der Waals surface area contributed by atoms with E-state index in [2.05, 4.69) is 4.74 Å². The van der Waals surface area contributed by atoms with E-state index in [1.807, 2.05) is 0 Å². The number of ether oxygens (including phenoxy) is 1. The van der Waals surface area contributed by atoms with Gasteiger partial charge in [-0.05, 0) is 18.2 Å². The lowest BCUT2D eigenvalue weighted by Crippen LogP contribution is -2.44. The first-order valence-corrected chi connectivity index (χ1v) is 4.38. The van der Waals surface area contributed by atoms with Crippen molar-refractivity contribution in [2.24, 2.45) is 5.92 Å². The van der Waals surface area contributed by atoms with Crippen LogP contribution in [0.2, 0.25) is 0 Å². The predicted molar refractivity (Wildman–Crippen MR) is 47.0 cm³/mol. The summed E-state index contributed by atoms with van der Waals surface area (Å²) >= 11 is 0. The Morgan fingerprint density at radius 1 is 1.33 bits per heavy atom. The minimum absolute atomic E-state index is 0.204. The van der Waals surface area contributed by atoms with E-state index in [1.54, 1.807) is 0 Å². The average Bonchev–Trinajstić information content (AvgIpc) is 2.18. The molecule has 100 valence electrons. The van der Waals surface area contributed by atoms with Crippen molar-refractivity contribution in [1.82, 2.24) is 0 Å². The van der Waals surface area contributed by atoms with Crippen molar-refractivity contribution in [3.8, 4) is 0 Å². The molecule has 9 heteroatoms. The number of aliphatic carboxylic acids is 2. The monoisotopic (exact) mass is 270 g/mol. The fourth-order valence-electron chi connectivity index (χ4n) is 1.31. The second-order valence-electron chi connectivity index (χ2n) is 3.34. The third kappa shape index (κ3) is 2.79. The standard InChI is InChI=1S/C9H6F4O5/c10-8(7(16)17)2-1-4(18-9(11,12)13)3-5(8)6(14)15/h1-3,5H,(H,14,15)(H,16,17). The number of carboxylic acid groups (broad SMARTS) is 2. The maximum absolute atomic E-state index is 13.8. The molecule has 0 aromatic rings. The van der Waals surface area contributed by atoms with E-state index >= 15 is 0 Å². The molecule has 0 fully saturated rings. The van der Waals surface area contributed by atoms with E-state index in [9.17, 15) is 27.2 Å². The molecule has 2 unspecified atom stereocenters. The van der Waals surface area contributed by atoms with Gasteiger partial charge < -0.3 is 14.9 Å². The Labute approximate surface area is 97.0 Å². The van der Waals surface area contributed by atoms with Crippen LogP contribution in [0.5, 0.6) is 0 Å². The Bertz CT molecular complexity index is 439. The van der Waals surface area contributed by atoms with E-state index in [0.717, 1.165) is 0 Å². The van der Waals surface area contributed by atoms with Crippen LogP contribution in [0.1, 0.15) is 0 Å². The van der Waals surface area contributed by atoms with E-state index in [-0.39, 0.29) is 12.2 Å². The third-order valence-electron chi connectivity index (χ3n) is 2.10. The summed E-state index contributed by atoms with van der Waals surface area (Å²) in [6, 6.07) is 0. The summed E-state index contributed by atoms with van der Waals surface area (Å²) in [5.74, 6) is -7.33. The fourth-order valence-corrected chi connectivity index (χ4v) is 1.31. The van der Waals surface area contributed by atoms with Gasteiger partial charge in [0.2, 0.25) is 5.67 Å². The number of halogens is 4. The van der Waals surface area contributed by atoms with Crippen LogP contribution in [0.3, 0.4) is 0 Å². The zero-order valence-corrected chi connectivity index (χ0v) is 8.44. The summed E-state index contributed by atoms with van der Waals surface area (Å²) < 4.78 is 52.7. The van der Waals surface area contributed by atoms with Gasteiger partial charge in [0.15, 0.2) is 0 Å². The van der Waals surface area contributed by atoms with Crippen molar-refractivity contribution in [2.45, 2.75) is 12.0 Å². The molecule has 0 saturated carbocycles. The van der Waals surface area contributed by atoms with Gasteiger partial charge in [-0.1, -0.05) is 0 Å². The quantitative estimate of drug-likeness (QED) is 0.759. The fraction of sp³-hybridized carbons (Fsp3) is 0.333. The topological polar surface area (TPSA) is 83.8 Å². The minimum atomic E-state index is -5.08. The molecule has 2 atom stereocenters. The number of hydrogen-bond acceptors (Lipinski definition) is 3. The molecule has 0 radical (unpaired) electrons. The van der Waals surface area contributed by atoms with Gasteiger partial charge in [0, 0.05) is 0 Å². The Balaban J connectivity index is 3.08. The molecule has 0 aliphatic heterocycles. The highest BCUT2D eigenvalue weighted by atomic mass is 19.4. The van der Waals surface area contributed by atoms with Crippen LogP contribution in [0.25, 0.3) is 0 Å². The molecule has 0 amide bonds. The van der Waals surface area contributed by atoms with Gasteiger partial charge in [0.1, 0.15) is 11.7 Å². The molecule has 1 rings (SSSR count). The van der Waals surface area contributed by atoms with Gasteiger partial charge in [-0.2, -0.15) is 0 Å². The zero-order valence-electron chi connectivity index (χ0n) is 8.44. The van der Waals surface area contributed by atoms with Gasteiger partial charge in [-0.25, -0.2) is 9.18 Å². The Hall–Kier alpha value is -2.06. The normalized spacial score (nSPS) is 27.6. The molecular weight excluding hydrogens is 264 g/mol. The summed E-state index contributed by atoms with van der Waals surface area (Å²) in [5.41, 5.74) is -3.32. The van der Waals surface area contributed by atoms with Crippen LogP contribution in [0, 0.1) is 5.92 Å². The smallest absolute Gasteiger partial charge is 0.481 e. The van der Waals surface area contributed by atoms with E-state index in [0.29, 0.717) is 6.08 Å². The van der Waals surface area contributed by atoms with Crippen molar-refractivity contribution in [2.75, 3.05) is 0 Å². The molecule has 0 bridgehead atoms. The Morgan fingerprint density at radius 2 is 1.89 bits per heavy atom. The molecule has 0 aromatic heterocycles. The summed E-state index contributed by atoms with van der Waals surface area (Å²) in [5, 5.41) is 17.2. The molecule has 1 aliphatic rings. The van der Waals surface area contributed by atoms with Crippen molar-refractivity contribution in [3.63, 3.8) is 0 Å². The number of alkyl halides is 4. The summed E-state index contributed by atoms with van der Waals surface area (Å²) in [7, 11) is 0. The molecular formula is C9H6F4O5. The summed E-state index contributed by atoms with van der Waals surface area (Å²) in [6.07, 6.45) is -4.21. The molecule has 2 N–H and O–H groups in total. The number of allylic oxidation sites excluding steroid dienone is 1. The van der Waals surface area contributed by atoms with Gasteiger partial charge in [0.25, 0.3) is 0 Å². The van der Waals surface area contributed by atoms with Crippen LogP contribution < -0.4 is 0 Å². The van der Waals surface area contributed by atoms with Gasteiger partial charge in [0.05, 0.1) is 0 Å². The zero-order chi connectivity index (χ0) is 14.1. The second kappa shape index (κ2) is 4.31. The van der Waals surface area contributed by atoms with E-state index in [1.165, 1.54) is 0 Å². The second-order valence-corrected chi connectivity index (χ2v) is 3.34. The predicted octanol–water partition coefficient (Wildman–Crippen LogP) is 1.47. The van der Waals surface area contributed by atoms with Crippen LogP contribution in [-0.2, 0) is 14.3 Å². The van der Waals surface area contributed by atoms with Crippen LogP contribution >= 0.6 is 0 Å². The Kier molecular flexibility index (Phi) is 3.36. The highest BCUT2D eigenvalue weighted by molar-refractivity contribution is 5.89. The van der Waals surface area contributed by atoms with Gasteiger partial charge >= 0.3 is 18.3 Å². The van der Waals surface area contributed by atoms with Crippen molar-refractivity contribution in [3.05, 3.63) is 24.0 Å². The Morgan fingerprint density at radius 3 is 2.28 bits per heavy atom. The highest BCUT2D eigenvalue weighted by Crippen LogP contribution is 2.34. The first-order valence-electron chi connectivity index (χ1n) is 4.38. The van der Waals surface area contributed by atoms with Gasteiger partial charge in [-0.15, -0.1) is 13.2 Å². The van der Waals surface area contributed by atoms with E-state index < -0.39 is 35.6 Å². The first kappa shape index (κ1) is 14.0. The summed E-state index contributed by atoms with van der Waals surface area (Å²) in [4.78, 5) is 21.3. The number of hydrogen-bond donors (Lipinski definition) is 2. The largest absolute Gasteiger partial charge is 0.573 e. The maximum Gasteiger partial charge on any atom is 0.573 e. The lowest BCUT2D eigenvalue weighted by molar-refractivity contribution is -0.303. The number of carbonyl (C=O) groups is 2. The molecule has 5 nitrogen and oxygen atoms in total. The summed E-state index contributed by atoms with van der Waals surface area (Å²) in [6.45, 7) is 0. The van der Waals surface area contributed by atoms with Crippen LogP contribution in [0.15, 0.2) is 24.0 Å². The van der Waals surface area contributed by atoms with Crippen LogP contribution in [0.4, 0.5) is 17.6 Å². The molecule has 0 aromatic carbocycles. The average molecular weight is 270 g/mol. The molecule has 1 aliphatic carbocycles. The van der Waals surface area contributed by atoms with Gasteiger partial charge in [-0.3, -0.25) is 4.79 Å². The SMILES string of the molecule is O=C(O)C1C=C(OC(F)(F)F)C=CC1(F)C(=O)O. The van der Waals surface area contributed by atoms with E-state index in [4.69, 9.17) is 10.2 Å². The maximum atomic E-state index is 13.8. The highest BCUT2D eigenvalue weighted by Gasteiger charge is 2.50. The lowest BCUT2D eigenvalue weighted by Gasteiger charge is -2.25. The molecule has 0 saturated heterocycles. The molecule has 0 spiro atoms. The molecule has 0 heterocycles. The lowest BCUT2D eigenvalue weighted by atomic mass is 9.85. The minimum Gasteiger partial charge on any atom is -0.481 e. The first-order chi connectivity index (χ1) is 8.06. The third-order valence-corrected chi connectivity index (χ3v) is 2.10.